The summed E-state index contributed by atoms with van der Waals surface area (Å²) in [5.74, 6) is 0. The number of thiophene rings is 1. The van der Waals surface area contributed by atoms with Crippen LogP contribution >= 0.6 is 27.3 Å². The lowest BCUT2D eigenvalue weighted by Gasteiger charge is -2.16. The summed E-state index contributed by atoms with van der Waals surface area (Å²) in [4.78, 5) is 1.39. The summed E-state index contributed by atoms with van der Waals surface area (Å²) in [7, 11) is 2.03. The Hall–Kier alpha value is -1.16. The zero-order chi connectivity index (χ0) is 13.9. The van der Waals surface area contributed by atoms with Gasteiger partial charge in [-0.2, -0.15) is 0 Å². The van der Waals surface area contributed by atoms with Gasteiger partial charge in [0, 0.05) is 17.3 Å². The number of benzene rings is 2. The monoisotopic (exact) mass is 345 g/mol. The Balaban J connectivity index is 1.90. The highest BCUT2D eigenvalue weighted by Gasteiger charge is 2.12. The van der Waals surface area contributed by atoms with Gasteiger partial charge in [0.25, 0.3) is 0 Å². The average molecular weight is 346 g/mol. The average Bonchev–Trinajstić information content (AvgIpc) is 2.89. The molecule has 1 aromatic heterocycles. The van der Waals surface area contributed by atoms with Crippen LogP contribution in [0.15, 0.2) is 58.4 Å². The molecular weight excluding hydrogens is 330 g/mol. The van der Waals surface area contributed by atoms with Gasteiger partial charge in [-0.15, -0.1) is 11.3 Å². The van der Waals surface area contributed by atoms with Crippen molar-refractivity contribution in [3.05, 3.63) is 68.8 Å². The van der Waals surface area contributed by atoms with Gasteiger partial charge in [-0.05, 0) is 57.5 Å². The van der Waals surface area contributed by atoms with Crippen LogP contribution in [0, 0.1) is 0 Å². The van der Waals surface area contributed by atoms with Gasteiger partial charge in [-0.1, -0.05) is 36.4 Å². The third kappa shape index (κ3) is 2.95. The third-order valence-electron chi connectivity index (χ3n) is 3.56. The number of likely N-dealkylation sites (N-methyl/N-ethyl adjacent to an activating group) is 1. The second-order valence-corrected chi connectivity index (χ2v) is 7.41. The topological polar surface area (TPSA) is 12.0 Å². The Morgan fingerprint density at radius 2 is 1.85 bits per heavy atom. The molecule has 20 heavy (non-hydrogen) atoms. The van der Waals surface area contributed by atoms with Crippen molar-refractivity contribution in [3.63, 3.8) is 0 Å². The molecular formula is C17H16BrNS. The van der Waals surface area contributed by atoms with Crippen LogP contribution < -0.4 is 5.32 Å². The Morgan fingerprint density at radius 3 is 2.55 bits per heavy atom. The first-order chi connectivity index (χ1) is 9.76. The van der Waals surface area contributed by atoms with Crippen molar-refractivity contribution in [2.75, 3.05) is 7.05 Å². The number of hydrogen-bond acceptors (Lipinski definition) is 2. The fourth-order valence-corrected chi connectivity index (χ4v) is 4.00. The summed E-state index contributed by atoms with van der Waals surface area (Å²) < 4.78 is 1.20. The number of halogens is 1. The maximum atomic E-state index is 3.53. The van der Waals surface area contributed by atoms with Crippen molar-refractivity contribution in [1.29, 1.82) is 0 Å². The molecule has 0 amide bonds. The van der Waals surface area contributed by atoms with Gasteiger partial charge in [0.2, 0.25) is 0 Å². The van der Waals surface area contributed by atoms with Crippen molar-refractivity contribution < 1.29 is 0 Å². The van der Waals surface area contributed by atoms with Crippen LogP contribution in [0.3, 0.4) is 0 Å². The minimum Gasteiger partial charge on any atom is -0.313 e. The highest BCUT2D eigenvalue weighted by molar-refractivity contribution is 9.11. The van der Waals surface area contributed by atoms with E-state index in [1.54, 1.807) is 11.3 Å². The Bertz CT molecular complexity index is 720. The first-order valence-corrected chi connectivity index (χ1v) is 8.27. The van der Waals surface area contributed by atoms with Gasteiger partial charge in [0.1, 0.15) is 0 Å². The van der Waals surface area contributed by atoms with E-state index in [0.717, 1.165) is 6.42 Å². The van der Waals surface area contributed by atoms with E-state index < -0.39 is 0 Å². The second kappa shape index (κ2) is 6.08. The van der Waals surface area contributed by atoms with E-state index in [0.29, 0.717) is 6.04 Å². The van der Waals surface area contributed by atoms with Crippen LogP contribution in [0.2, 0.25) is 0 Å². The van der Waals surface area contributed by atoms with Gasteiger partial charge >= 0.3 is 0 Å². The molecule has 0 aliphatic heterocycles. The van der Waals surface area contributed by atoms with Crippen LogP contribution in [0.1, 0.15) is 16.5 Å². The fraction of sp³-hybridized carbons (Fsp3) is 0.176. The molecule has 102 valence electrons. The second-order valence-electron chi connectivity index (χ2n) is 4.86. The van der Waals surface area contributed by atoms with Crippen LogP contribution in [0.5, 0.6) is 0 Å². The third-order valence-corrected chi connectivity index (χ3v) is 5.20. The molecule has 2 aromatic carbocycles. The quantitative estimate of drug-likeness (QED) is 0.687. The van der Waals surface area contributed by atoms with Gasteiger partial charge in [-0.3, -0.25) is 0 Å². The lowest BCUT2D eigenvalue weighted by atomic mass is 9.99. The summed E-state index contributed by atoms with van der Waals surface area (Å²) in [6, 6.07) is 19.9. The molecule has 3 aromatic rings. The molecule has 0 aliphatic rings. The lowest BCUT2D eigenvalue weighted by molar-refractivity contribution is 0.597. The molecule has 0 radical (unpaired) electrons. The van der Waals surface area contributed by atoms with Gasteiger partial charge in [-0.25, -0.2) is 0 Å². The van der Waals surface area contributed by atoms with Gasteiger partial charge in [0.15, 0.2) is 0 Å². The molecule has 0 aliphatic carbocycles. The number of hydrogen-bond donors (Lipinski definition) is 1. The minimum atomic E-state index is 0.352. The van der Waals surface area contributed by atoms with E-state index in [1.807, 2.05) is 7.05 Å². The summed E-state index contributed by atoms with van der Waals surface area (Å²) >= 11 is 5.34. The highest BCUT2D eigenvalue weighted by atomic mass is 79.9. The molecule has 1 unspecified atom stereocenters. The van der Waals surface area contributed by atoms with Crippen LogP contribution in [-0.4, -0.2) is 7.05 Å². The predicted molar refractivity (Wildman–Crippen MR) is 91.5 cm³/mol. The molecule has 0 fully saturated rings. The van der Waals surface area contributed by atoms with E-state index in [9.17, 15) is 0 Å². The highest BCUT2D eigenvalue weighted by Crippen LogP contribution is 2.28. The van der Waals surface area contributed by atoms with Gasteiger partial charge < -0.3 is 5.32 Å². The van der Waals surface area contributed by atoms with E-state index in [2.05, 4.69) is 75.8 Å². The van der Waals surface area contributed by atoms with Crippen molar-refractivity contribution in [2.45, 2.75) is 12.5 Å². The maximum Gasteiger partial charge on any atom is 0.0701 e. The SMILES string of the molecule is CNC(Cc1ccc(Br)s1)c1ccc2ccccc2c1. The first kappa shape index (κ1) is 13.8. The van der Waals surface area contributed by atoms with Gasteiger partial charge in [0.05, 0.1) is 3.79 Å². The van der Waals surface area contributed by atoms with E-state index in [-0.39, 0.29) is 0 Å². The molecule has 0 saturated carbocycles. The van der Waals surface area contributed by atoms with Crippen molar-refractivity contribution in [3.8, 4) is 0 Å². The maximum absolute atomic E-state index is 3.53. The van der Waals surface area contributed by atoms with Crippen LogP contribution in [-0.2, 0) is 6.42 Å². The zero-order valence-electron chi connectivity index (χ0n) is 11.3. The minimum absolute atomic E-state index is 0.352. The smallest absolute Gasteiger partial charge is 0.0701 e. The number of fused-ring (bicyclic) bond motifs is 1. The normalized spacial score (nSPS) is 12.7. The summed E-state index contributed by atoms with van der Waals surface area (Å²) in [5.41, 5.74) is 1.34. The van der Waals surface area contributed by atoms with Crippen LogP contribution in [0.25, 0.3) is 10.8 Å². The van der Waals surface area contributed by atoms with Crippen molar-refractivity contribution in [1.82, 2.24) is 5.32 Å². The largest absolute Gasteiger partial charge is 0.313 e. The summed E-state index contributed by atoms with van der Waals surface area (Å²) in [5, 5.41) is 6.03. The summed E-state index contributed by atoms with van der Waals surface area (Å²) in [6.45, 7) is 0. The Kier molecular flexibility index (Phi) is 4.20. The fourth-order valence-electron chi connectivity index (χ4n) is 2.47. The van der Waals surface area contributed by atoms with Crippen LogP contribution in [0.4, 0.5) is 0 Å². The van der Waals surface area contributed by atoms with E-state index in [1.165, 1.54) is 25.0 Å². The molecule has 0 saturated heterocycles. The van der Waals surface area contributed by atoms with E-state index >= 15 is 0 Å². The standard InChI is InChI=1S/C17H16BrNS/c1-19-16(11-15-8-9-17(18)20-15)14-7-6-12-4-2-3-5-13(12)10-14/h2-10,16,19H,11H2,1H3. The molecule has 1 nitrogen and oxygen atoms in total. The lowest BCUT2D eigenvalue weighted by Crippen LogP contribution is -2.18. The molecule has 1 atom stereocenters. The molecule has 0 bridgehead atoms. The summed E-state index contributed by atoms with van der Waals surface area (Å²) in [6.07, 6.45) is 1.02. The Morgan fingerprint density at radius 1 is 1.05 bits per heavy atom. The molecule has 3 rings (SSSR count). The van der Waals surface area contributed by atoms with Crippen molar-refractivity contribution in [2.24, 2.45) is 0 Å². The number of nitrogens with one attached hydrogen (secondary N) is 1. The number of rotatable bonds is 4. The first-order valence-electron chi connectivity index (χ1n) is 6.66. The molecule has 1 heterocycles. The predicted octanol–water partition coefficient (Wildman–Crippen LogP) is 5.17. The molecule has 3 heteroatoms. The molecule has 0 spiro atoms. The molecule has 1 N–H and O–H groups in total. The van der Waals surface area contributed by atoms with Crippen molar-refractivity contribution >= 4 is 38.0 Å². The zero-order valence-corrected chi connectivity index (χ0v) is 13.7. The Labute approximate surface area is 131 Å². The van der Waals surface area contributed by atoms with E-state index in [4.69, 9.17) is 0 Å².